The van der Waals surface area contributed by atoms with E-state index in [2.05, 4.69) is 27.5 Å². The van der Waals surface area contributed by atoms with Crippen LogP contribution in [-0.2, 0) is 42.5 Å². The number of hydrogen-bond donors (Lipinski definition) is 6. The number of carboxylic acids is 3. The van der Waals surface area contributed by atoms with Crippen LogP contribution in [0, 0.1) is 0 Å². The lowest BCUT2D eigenvalue weighted by Gasteiger charge is -2.32. The van der Waals surface area contributed by atoms with Crippen molar-refractivity contribution in [2.45, 2.75) is 77.7 Å². The molecule has 0 bridgehead atoms. The molecule has 0 radical (unpaired) electrons. The first kappa shape index (κ1) is 50.2. The van der Waals surface area contributed by atoms with Gasteiger partial charge in [-0.1, -0.05) is 13.5 Å². The molecule has 3 aromatic heterocycles. The van der Waals surface area contributed by atoms with Gasteiger partial charge >= 0.3 is 17.9 Å². The summed E-state index contributed by atoms with van der Waals surface area (Å²) in [6, 6.07) is -0.744. The van der Waals surface area contributed by atoms with Gasteiger partial charge in [0.15, 0.2) is 17.0 Å². The summed E-state index contributed by atoms with van der Waals surface area (Å²) in [4.78, 5) is 82.8. The number of aryl methyl sites for hydroxylation is 2. The van der Waals surface area contributed by atoms with E-state index in [9.17, 15) is 39.3 Å². The fourth-order valence-corrected chi connectivity index (χ4v) is 7.83. The third-order valence-electron chi connectivity index (χ3n) is 11.3. The van der Waals surface area contributed by atoms with Gasteiger partial charge in [-0.2, -0.15) is 15.1 Å². The Kier molecular flexibility index (Phi) is 18.1. The molecule has 22 nitrogen and oxygen atoms in total. The van der Waals surface area contributed by atoms with Gasteiger partial charge in [-0.15, -0.1) is 0 Å². The number of fused-ring (bicyclic) bond motifs is 1. The maximum Gasteiger partial charge on any atom is 0.317 e. The van der Waals surface area contributed by atoms with Crippen molar-refractivity contribution in [2.24, 2.45) is 0 Å². The van der Waals surface area contributed by atoms with Crippen molar-refractivity contribution in [1.82, 2.24) is 59.5 Å². The van der Waals surface area contributed by atoms with Gasteiger partial charge in [0, 0.05) is 83.7 Å². The Morgan fingerprint density at radius 1 is 0.831 bits per heavy atom. The molecule has 0 aromatic carbocycles. The number of carbonyl (C=O) groups is 5. The zero-order valence-electron chi connectivity index (χ0n) is 37.9. The van der Waals surface area contributed by atoms with Crippen molar-refractivity contribution in [3.05, 3.63) is 30.9 Å². The lowest BCUT2D eigenvalue weighted by molar-refractivity contribution is -0.140. The zero-order valence-corrected chi connectivity index (χ0v) is 37.9. The topological polar surface area (TPSA) is 260 Å². The molecule has 2 saturated heterocycles. The molecule has 2 aliphatic rings. The highest BCUT2D eigenvalue weighted by Gasteiger charge is 2.36. The Hall–Kier alpha value is -5.78. The predicted octanol–water partition coefficient (Wildman–Crippen LogP) is 0.675. The van der Waals surface area contributed by atoms with Gasteiger partial charge in [0.05, 0.1) is 56.5 Å². The third kappa shape index (κ3) is 15.1. The van der Waals surface area contributed by atoms with Crippen LogP contribution in [-0.4, -0.2) is 204 Å². The number of imidazole rings is 1. The van der Waals surface area contributed by atoms with Gasteiger partial charge < -0.3 is 40.7 Å². The maximum atomic E-state index is 15.1. The van der Waals surface area contributed by atoms with Crippen LogP contribution >= 0.6 is 0 Å². The highest BCUT2D eigenvalue weighted by atomic mass is 19.1. The van der Waals surface area contributed by atoms with Crippen LogP contribution in [0.2, 0.25) is 0 Å². The summed E-state index contributed by atoms with van der Waals surface area (Å²) in [6.45, 7) is 14.7. The van der Waals surface area contributed by atoms with Crippen LogP contribution in [0.5, 0.6) is 0 Å². The second kappa shape index (κ2) is 23.4. The standard InChI is InChI=1S/C42H65FN14O8/c1-6-30-32(47-39-38-40(57(28-45-38)42(3,4)5)49-41(48-39)55-21-29(43)31(22-55)46-33(58)7-2)23-56(50-30)12-10-8-9-11-44-34(59)24-51-13-15-52(25-35(60)61)17-19-54(27-37(64)65)20-18-53(16-14-51)26-36(62)63/h7,23,28-29,31H,2,6,8-22,24-27H2,1,3-5H3,(H,44,59)(H,46,58)(H,60,61)(H,62,63)(H,64,65)(H,47,48,49)/t29-,31-/m1/s1. The number of unbranched alkanes of at least 4 members (excludes halogenated alkanes) is 2. The minimum atomic E-state index is -1.33. The number of hydrogen-bond acceptors (Lipinski definition) is 15. The van der Waals surface area contributed by atoms with Gasteiger partial charge in [0.2, 0.25) is 17.8 Å². The van der Waals surface area contributed by atoms with Crippen molar-refractivity contribution in [3.63, 3.8) is 0 Å². The number of aromatic nitrogens is 6. The Morgan fingerprint density at radius 3 is 1.92 bits per heavy atom. The van der Waals surface area contributed by atoms with Crippen LogP contribution < -0.4 is 20.9 Å². The van der Waals surface area contributed by atoms with Crippen LogP contribution in [0.1, 0.15) is 52.7 Å². The number of nitrogens with zero attached hydrogens (tertiary/aromatic N) is 11. The highest BCUT2D eigenvalue weighted by molar-refractivity contribution is 5.88. The van der Waals surface area contributed by atoms with E-state index in [4.69, 9.17) is 15.1 Å². The van der Waals surface area contributed by atoms with Gasteiger partial charge in [-0.3, -0.25) is 48.3 Å². The molecule has 0 unspecified atom stereocenters. The Balaban J connectivity index is 1.16. The van der Waals surface area contributed by atoms with E-state index in [1.807, 2.05) is 48.0 Å². The van der Waals surface area contributed by atoms with Crippen LogP contribution in [0.4, 0.5) is 21.8 Å². The second-order valence-corrected chi connectivity index (χ2v) is 17.5. The summed E-state index contributed by atoms with van der Waals surface area (Å²) in [5.74, 6) is -2.95. The minimum absolute atomic E-state index is 0.0000863. The first-order valence-corrected chi connectivity index (χ1v) is 22.1. The Labute approximate surface area is 377 Å². The number of carbonyl (C=O) groups excluding carboxylic acids is 2. The van der Waals surface area contributed by atoms with Crippen LogP contribution in [0.3, 0.4) is 0 Å². The van der Waals surface area contributed by atoms with Gasteiger partial charge in [0.1, 0.15) is 6.17 Å². The Morgan fingerprint density at radius 2 is 1.40 bits per heavy atom. The van der Waals surface area contributed by atoms with E-state index in [0.717, 1.165) is 36.7 Å². The molecular formula is C42H65FN14O8. The zero-order chi connectivity index (χ0) is 47.3. The number of halogens is 1. The predicted molar refractivity (Wildman–Crippen MR) is 240 cm³/mol. The largest absolute Gasteiger partial charge is 0.480 e. The van der Waals surface area contributed by atoms with Gasteiger partial charge in [-0.25, -0.2) is 9.37 Å². The summed E-state index contributed by atoms with van der Waals surface area (Å²) in [5.41, 5.74) is 2.32. The van der Waals surface area contributed by atoms with Gasteiger partial charge in [0.25, 0.3) is 0 Å². The van der Waals surface area contributed by atoms with Crippen molar-refractivity contribution in [1.29, 1.82) is 0 Å². The summed E-state index contributed by atoms with van der Waals surface area (Å²) in [6.07, 6.45) is 6.37. The monoisotopic (exact) mass is 913 g/mol. The first-order chi connectivity index (χ1) is 30.9. The molecule has 2 aliphatic heterocycles. The summed E-state index contributed by atoms with van der Waals surface area (Å²) in [7, 11) is 0. The number of rotatable bonds is 20. The fraction of sp³-hybridized carbons (Fsp3) is 0.643. The number of amides is 2. The van der Waals surface area contributed by atoms with E-state index in [-0.39, 0.29) is 50.7 Å². The molecule has 2 amide bonds. The third-order valence-corrected chi connectivity index (χ3v) is 11.3. The van der Waals surface area contributed by atoms with E-state index < -0.39 is 36.0 Å². The average Bonchev–Trinajstić information content (AvgIpc) is 3.96. The molecule has 0 aliphatic carbocycles. The molecule has 6 N–H and O–H groups in total. The molecule has 358 valence electrons. The number of alkyl halides is 1. The molecule has 65 heavy (non-hydrogen) atoms. The lowest BCUT2D eigenvalue weighted by atomic mass is 10.1. The van der Waals surface area contributed by atoms with E-state index in [1.165, 1.54) is 0 Å². The normalized spacial score (nSPS) is 18.8. The fourth-order valence-electron chi connectivity index (χ4n) is 7.83. The molecule has 2 atom stereocenters. The molecule has 5 heterocycles. The molecule has 0 spiro atoms. The number of aliphatic carboxylic acids is 3. The summed E-state index contributed by atoms with van der Waals surface area (Å²) >= 11 is 0. The molecular weight excluding hydrogens is 848 g/mol. The number of anilines is 3. The quantitative estimate of drug-likeness (QED) is 0.0673. The molecule has 3 aromatic rings. The minimum Gasteiger partial charge on any atom is -0.480 e. The SMILES string of the molecule is C=CC(=O)N[C@@H]1CN(c2nc(Nc3cn(CCCCCNC(=O)CN4CCN(CC(=O)O)CCN(CC(=O)O)CCN(CC(=O)O)CC4)nc3CC)c3ncn(C(C)(C)C)c3n2)C[C@H]1F. The van der Waals surface area contributed by atoms with Crippen molar-refractivity contribution in [3.8, 4) is 0 Å². The van der Waals surface area contributed by atoms with E-state index in [1.54, 1.807) is 25.9 Å². The molecule has 0 saturated carbocycles. The highest BCUT2D eigenvalue weighted by Crippen LogP contribution is 2.31. The van der Waals surface area contributed by atoms with E-state index >= 15 is 4.39 Å². The Bertz CT molecular complexity index is 2090. The van der Waals surface area contributed by atoms with Crippen LogP contribution in [0.25, 0.3) is 11.2 Å². The maximum absolute atomic E-state index is 15.1. The molecule has 5 rings (SSSR count). The van der Waals surface area contributed by atoms with Crippen molar-refractivity contribution < 1.29 is 43.7 Å². The lowest BCUT2D eigenvalue weighted by Crippen LogP contribution is -2.49. The average molecular weight is 913 g/mol. The van der Waals surface area contributed by atoms with Crippen molar-refractivity contribution in [2.75, 3.05) is 108 Å². The van der Waals surface area contributed by atoms with Gasteiger partial charge in [-0.05, 0) is 52.5 Å². The van der Waals surface area contributed by atoms with Crippen molar-refractivity contribution >= 4 is 58.3 Å². The molecule has 23 heteroatoms. The number of carboxylic acid groups (broad SMARTS) is 3. The first-order valence-electron chi connectivity index (χ1n) is 22.1. The smallest absolute Gasteiger partial charge is 0.317 e. The molecule has 2 fully saturated rings. The number of nitrogens with one attached hydrogen (secondary N) is 3. The van der Waals surface area contributed by atoms with Crippen LogP contribution in [0.15, 0.2) is 25.2 Å². The van der Waals surface area contributed by atoms with E-state index in [0.29, 0.717) is 94.8 Å². The second-order valence-electron chi connectivity index (χ2n) is 17.5. The summed E-state index contributed by atoms with van der Waals surface area (Å²) < 4.78 is 18.9. The summed E-state index contributed by atoms with van der Waals surface area (Å²) in [5, 5.41) is 42.3.